The van der Waals surface area contributed by atoms with Crippen LogP contribution >= 0.6 is 11.6 Å². The molecule has 2 aromatic rings. The van der Waals surface area contributed by atoms with E-state index in [0.717, 1.165) is 17.9 Å². The van der Waals surface area contributed by atoms with Gasteiger partial charge in [0.2, 0.25) is 0 Å². The van der Waals surface area contributed by atoms with Crippen LogP contribution in [0.5, 0.6) is 0 Å². The van der Waals surface area contributed by atoms with Crippen LogP contribution in [0.2, 0.25) is 5.02 Å². The Morgan fingerprint density at radius 3 is 2.29 bits per heavy atom. The number of aliphatic carboxylic acids is 1. The molecule has 0 amide bonds. The van der Waals surface area contributed by atoms with Crippen molar-refractivity contribution in [2.24, 2.45) is 0 Å². The summed E-state index contributed by atoms with van der Waals surface area (Å²) in [7, 11) is 0. The van der Waals surface area contributed by atoms with Crippen LogP contribution in [0.25, 0.3) is 0 Å². The van der Waals surface area contributed by atoms with Crippen LogP contribution in [-0.2, 0) is 17.6 Å². The third-order valence-electron chi connectivity index (χ3n) is 4.01. The van der Waals surface area contributed by atoms with Gasteiger partial charge in [0.05, 0.1) is 0 Å². The fraction of sp³-hybridized carbons (Fsp3) is 0.350. The molecule has 0 aromatic heterocycles. The summed E-state index contributed by atoms with van der Waals surface area (Å²) in [6, 6.07) is 18.4. The number of hydrogen-bond donors (Lipinski definition) is 2. The van der Waals surface area contributed by atoms with Crippen molar-refractivity contribution in [3.63, 3.8) is 0 Å². The number of halogens is 1. The summed E-state index contributed by atoms with van der Waals surface area (Å²) in [4.78, 5) is 10.9. The summed E-state index contributed by atoms with van der Waals surface area (Å²) in [5.74, 6) is -0.750. The molecular formula is C20H24ClNO2. The summed E-state index contributed by atoms with van der Waals surface area (Å²) in [6.07, 6.45) is 2.52. The van der Waals surface area contributed by atoms with Crippen LogP contribution < -0.4 is 5.32 Å². The van der Waals surface area contributed by atoms with Gasteiger partial charge < -0.3 is 10.4 Å². The molecule has 0 aliphatic carbocycles. The number of benzene rings is 2. The lowest BCUT2D eigenvalue weighted by Crippen LogP contribution is -2.39. The molecule has 0 saturated heterocycles. The summed E-state index contributed by atoms with van der Waals surface area (Å²) in [6.45, 7) is 2.13. The van der Waals surface area contributed by atoms with E-state index < -0.39 is 5.97 Å². The Morgan fingerprint density at radius 1 is 1.04 bits per heavy atom. The van der Waals surface area contributed by atoms with Crippen molar-refractivity contribution in [2.75, 3.05) is 0 Å². The van der Waals surface area contributed by atoms with Crippen LogP contribution in [0.4, 0.5) is 0 Å². The van der Waals surface area contributed by atoms with E-state index >= 15 is 0 Å². The van der Waals surface area contributed by atoms with Gasteiger partial charge in [-0.05, 0) is 49.4 Å². The van der Waals surface area contributed by atoms with Crippen LogP contribution in [0.3, 0.4) is 0 Å². The predicted molar refractivity (Wildman–Crippen MR) is 98.6 cm³/mol. The molecule has 128 valence electrons. The molecule has 2 atom stereocenters. The van der Waals surface area contributed by atoms with Gasteiger partial charge in [0, 0.05) is 23.5 Å². The Morgan fingerprint density at radius 2 is 1.67 bits per heavy atom. The molecule has 4 heteroatoms. The molecule has 2 rings (SSSR count). The van der Waals surface area contributed by atoms with Gasteiger partial charge in [-0.25, -0.2) is 0 Å². The van der Waals surface area contributed by atoms with E-state index in [0.29, 0.717) is 6.42 Å². The number of carboxylic acids is 1. The third kappa shape index (κ3) is 6.73. The number of nitrogens with one attached hydrogen (secondary N) is 1. The summed E-state index contributed by atoms with van der Waals surface area (Å²) in [5, 5.41) is 13.3. The zero-order chi connectivity index (χ0) is 17.4. The molecular weight excluding hydrogens is 322 g/mol. The SMILES string of the molecule is CC(Cc1ccc(Cl)cc1)NC(CCC(=O)O)Cc1ccccc1. The number of carbonyl (C=O) groups is 1. The topological polar surface area (TPSA) is 49.3 Å². The Bertz CT molecular complexity index is 628. The highest BCUT2D eigenvalue weighted by molar-refractivity contribution is 6.30. The van der Waals surface area contributed by atoms with Crippen molar-refractivity contribution >= 4 is 17.6 Å². The summed E-state index contributed by atoms with van der Waals surface area (Å²) >= 11 is 5.92. The number of carboxylic acid groups (broad SMARTS) is 1. The van der Waals surface area contributed by atoms with Crippen molar-refractivity contribution in [1.29, 1.82) is 0 Å². The molecule has 0 bridgehead atoms. The average molecular weight is 346 g/mol. The standard InChI is InChI=1S/C20H24ClNO2/c1-15(13-17-7-9-18(21)10-8-17)22-19(11-12-20(23)24)14-16-5-3-2-4-6-16/h2-10,15,19,22H,11-14H2,1H3,(H,23,24). The Kier molecular flexibility index (Phi) is 7.29. The Hall–Kier alpha value is -1.84. The van der Waals surface area contributed by atoms with Gasteiger partial charge in [0.25, 0.3) is 0 Å². The van der Waals surface area contributed by atoms with Gasteiger partial charge in [-0.3, -0.25) is 4.79 Å². The molecule has 2 unspecified atom stereocenters. The van der Waals surface area contributed by atoms with Crippen molar-refractivity contribution in [1.82, 2.24) is 5.32 Å². The Balaban J connectivity index is 1.95. The molecule has 0 saturated carbocycles. The molecule has 2 N–H and O–H groups in total. The van der Waals surface area contributed by atoms with Gasteiger partial charge >= 0.3 is 5.97 Å². The van der Waals surface area contributed by atoms with E-state index in [-0.39, 0.29) is 18.5 Å². The minimum Gasteiger partial charge on any atom is -0.481 e. The van der Waals surface area contributed by atoms with Crippen LogP contribution in [0.1, 0.15) is 30.9 Å². The second-order valence-corrected chi connectivity index (χ2v) is 6.65. The fourth-order valence-corrected chi connectivity index (χ4v) is 3.00. The largest absolute Gasteiger partial charge is 0.481 e. The highest BCUT2D eigenvalue weighted by atomic mass is 35.5. The first kappa shape index (κ1) is 18.5. The zero-order valence-electron chi connectivity index (χ0n) is 13.9. The first-order valence-corrected chi connectivity index (χ1v) is 8.67. The third-order valence-corrected chi connectivity index (χ3v) is 4.26. The number of hydrogen-bond acceptors (Lipinski definition) is 2. The minimum atomic E-state index is -0.750. The first-order chi connectivity index (χ1) is 11.5. The second kappa shape index (κ2) is 9.45. The van der Waals surface area contributed by atoms with E-state index in [2.05, 4.69) is 24.4 Å². The smallest absolute Gasteiger partial charge is 0.303 e. The quantitative estimate of drug-likeness (QED) is 0.711. The maximum absolute atomic E-state index is 10.9. The molecule has 0 aliphatic heterocycles. The highest BCUT2D eigenvalue weighted by Gasteiger charge is 2.15. The van der Waals surface area contributed by atoms with Crippen LogP contribution in [0.15, 0.2) is 54.6 Å². The molecule has 0 spiro atoms. The van der Waals surface area contributed by atoms with Gasteiger partial charge in [-0.15, -0.1) is 0 Å². The van der Waals surface area contributed by atoms with E-state index in [4.69, 9.17) is 16.7 Å². The van der Waals surface area contributed by atoms with E-state index in [1.165, 1.54) is 11.1 Å². The lowest BCUT2D eigenvalue weighted by atomic mass is 9.99. The Labute approximate surface area is 148 Å². The summed E-state index contributed by atoms with van der Waals surface area (Å²) in [5.41, 5.74) is 2.44. The van der Waals surface area contributed by atoms with Gasteiger partial charge in [0.1, 0.15) is 0 Å². The minimum absolute atomic E-state index is 0.144. The van der Waals surface area contributed by atoms with Crippen molar-refractivity contribution in [3.05, 3.63) is 70.7 Å². The van der Waals surface area contributed by atoms with E-state index in [9.17, 15) is 4.79 Å². The highest BCUT2D eigenvalue weighted by Crippen LogP contribution is 2.13. The molecule has 3 nitrogen and oxygen atoms in total. The van der Waals surface area contributed by atoms with Gasteiger partial charge in [-0.1, -0.05) is 54.1 Å². The lowest BCUT2D eigenvalue weighted by Gasteiger charge is -2.23. The molecule has 24 heavy (non-hydrogen) atoms. The van der Waals surface area contributed by atoms with Crippen molar-refractivity contribution < 1.29 is 9.90 Å². The first-order valence-electron chi connectivity index (χ1n) is 8.29. The maximum atomic E-state index is 10.9. The van der Waals surface area contributed by atoms with Gasteiger partial charge in [-0.2, -0.15) is 0 Å². The second-order valence-electron chi connectivity index (χ2n) is 6.22. The van der Waals surface area contributed by atoms with E-state index in [1.807, 2.05) is 42.5 Å². The molecule has 0 aliphatic rings. The summed E-state index contributed by atoms with van der Waals surface area (Å²) < 4.78 is 0. The number of rotatable bonds is 9. The predicted octanol–water partition coefficient (Wildman–Crippen LogP) is 4.34. The monoisotopic (exact) mass is 345 g/mol. The molecule has 0 heterocycles. The average Bonchev–Trinajstić information content (AvgIpc) is 2.55. The lowest BCUT2D eigenvalue weighted by molar-refractivity contribution is -0.137. The maximum Gasteiger partial charge on any atom is 0.303 e. The van der Waals surface area contributed by atoms with Crippen molar-refractivity contribution in [2.45, 2.75) is 44.7 Å². The van der Waals surface area contributed by atoms with Crippen LogP contribution in [-0.4, -0.2) is 23.2 Å². The fourth-order valence-electron chi connectivity index (χ4n) is 2.88. The van der Waals surface area contributed by atoms with E-state index in [1.54, 1.807) is 0 Å². The van der Waals surface area contributed by atoms with Gasteiger partial charge in [0.15, 0.2) is 0 Å². The molecule has 0 fully saturated rings. The molecule has 2 aromatic carbocycles. The molecule has 0 radical (unpaired) electrons. The zero-order valence-corrected chi connectivity index (χ0v) is 14.7. The van der Waals surface area contributed by atoms with Crippen molar-refractivity contribution in [3.8, 4) is 0 Å². The normalized spacial score (nSPS) is 13.4. The van der Waals surface area contributed by atoms with Crippen LogP contribution in [0, 0.1) is 0 Å².